The first-order valence-electron chi connectivity index (χ1n) is 14.4. The highest BCUT2D eigenvalue weighted by Gasteiger charge is 2.44. The van der Waals surface area contributed by atoms with Crippen LogP contribution in [0.3, 0.4) is 0 Å². The number of fused-ring (bicyclic) bond motifs is 1. The van der Waals surface area contributed by atoms with Gasteiger partial charge in [-0.3, -0.25) is 14.4 Å². The lowest BCUT2D eigenvalue weighted by Crippen LogP contribution is -2.58. The number of amides is 3. The van der Waals surface area contributed by atoms with Crippen LogP contribution >= 0.6 is 0 Å². The summed E-state index contributed by atoms with van der Waals surface area (Å²) >= 11 is 0. The highest BCUT2D eigenvalue weighted by Crippen LogP contribution is 2.34. The zero-order chi connectivity index (χ0) is 27.1. The van der Waals surface area contributed by atoms with E-state index in [4.69, 9.17) is 0 Å². The van der Waals surface area contributed by atoms with Crippen molar-refractivity contribution in [1.29, 1.82) is 0 Å². The molecule has 2 aliphatic heterocycles. The number of nitrogens with zero attached hydrogens (tertiary/aromatic N) is 2. The van der Waals surface area contributed by atoms with Gasteiger partial charge in [0.05, 0.1) is 6.04 Å². The van der Waals surface area contributed by atoms with Crippen molar-refractivity contribution in [1.82, 2.24) is 20.4 Å². The second-order valence-electron chi connectivity index (χ2n) is 11.3. The summed E-state index contributed by atoms with van der Waals surface area (Å²) in [6.45, 7) is 8.96. The SMILES string of the molecule is C=CC(=O)Nc1cccc(CCN2CC[C@@H]3CCN(C(=O)[C@@H](NC(=O)[C@H](C)NC)C4CCCCC4)[C@@H]3C2)c1. The molecule has 1 aromatic rings. The Morgan fingerprint density at radius 1 is 1.11 bits per heavy atom. The molecule has 3 aliphatic rings. The Morgan fingerprint density at radius 3 is 2.61 bits per heavy atom. The lowest BCUT2D eigenvalue weighted by Gasteiger charge is -2.41. The summed E-state index contributed by atoms with van der Waals surface area (Å²) in [5.74, 6) is 0.569. The number of likely N-dealkylation sites (N-methyl/N-ethyl adjacent to an activating group) is 1. The highest BCUT2D eigenvalue weighted by molar-refractivity contribution is 5.98. The molecule has 3 amide bonds. The van der Waals surface area contributed by atoms with Crippen LogP contribution in [0.2, 0.25) is 0 Å². The summed E-state index contributed by atoms with van der Waals surface area (Å²) in [4.78, 5) is 43.1. The number of nitrogens with one attached hydrogen (secondary N) is 3. The van der Waals surface area contributed by atoms with E-state index in [0.717, 1.165) is 76.8 Å². The summed E-state index contributed by atoms with van der Waals surface area (Å²) in [6, 6.07) is 7.41. The van der Waals surface area contributed by atoms with E-state index in [1.165, 1.54) is 18.1 Å². The van der Waals surface area contributed by atoms with E-state index in [-0.39, 0.29) is 35.7 Å². The standard InChI is InChI=1S/C30H45N5O3/c1-4-27(36)32-25-12-8-9-22(19-25)13-16-34-17-14-23-15-18-35(26(23)20-34)30(38)28(24-10-6-5-7-11-24)33-29(37)21(2)31-3/h4,8-9,12,19,21,23-24,26,28,31H,1,5-7,10-11,13-18,20H2,2-3H3,(H,32,36)(H,33,37)/t21-,23+,26+,28-/m0/s1. The van der Waals surface area contributed by atoms with Crippen LogP contribution < -0.4 is 16.0 Å². The molecule has 4 rings (SSSR count). The number of carbonyl (C=O) groups is 3. The van der Waals surface area contributed by atoms with E-state index in [1.54, 1.807) is 7.05 Å². The lowest BCUT2D eigenvalue weighted by molar-refractivity contribution is -0.140. The lowest BCUT2D eigenvalue weighted by atomic mass is 9.83. The number of piperidine rings is 1. The molecule has 2 heterocycles. The molecule has 0 spiro atoms. The zero-order valence-electron chi connectivity index (χ0n) is 23.1. The summed E-state index contributed by atoms with van der Waals surface area (Å²) in [6.07, 6.45) is 9.78. The van der Waals surface area contributed by atoms with Gasteiger partial charge in [0.1, 0.15) is 6.04 Å². The van der Waals surface area contributed by atoms with Crippen LogP contribution in [0.15, 0.2) is 36.9 Å². The zero-order valence-corrected chi connectivity index (χ0v) is 23.1. The van der Waals surface area contributed by atoms with Crippen LogP contribution in [0.1, 0.15) is 57.4 Å². The highest BCUT2D eigenvalue weighted by atomic mass is 16.2. The Labute approximate surface area is 227 Å². The first-order chi connectivity index (χ1) is 18.4. The Kier molecular flexibility index (Phi) is 9.97. The molecule has 2 saturated heterocycles. The van der Waals surface area contributed by atoms with Crippen molar-refractivity contribution >= 4 is 23.4 Å². The van der Waals surface area contributed by atoms with Crippen LogP contribution in [0, 0.1) is 11.8 Å². The topological polar surface area (TPSA) is 93.8 Å². The van der Waals surface area contributed by atoms with E-state index >= 15 is 0 Å². The van der Waals surface area contributed by atoms with Crippen molar-refractivity contribution in [2.24, 2.45) is 11.8 Å². The summed E-state index contributed by atoms with van der Waals surface area (Å²) < 4.78 is 0. The Bertz CT molecular complexity index is 992. The maximum absolute atomic E-state index is 14.0. The van der Waals surface area contributed by atoms with Crippen LogP contribution in [-0.4, -0.2) is 78.9 Å². The Morgan fingerprint density at radius 2 is 1.87 bits per heavy atom. The van der Waals surface area contributed by atoms with Crippen LogP contribution in [0.5, 0.6) is 0 Å². The van der Waals surface area contributed by atoms with E-state index < -0.39 is 6.04 Å². The second-order valence-corrected chi connectivity index (χ2v) is 11.3. The quantitative estimate of drug-likeness (QED) is 0.410. The Hall–Kier alpha value is -2.71. The van der Waals surface area contributed by atoms with E-state index in [2.05, 4.69) is 38.4 Å². The van der Waals surface area contributed by atoms with Gasteiger partial charge in [-0.15, -0.1) is 0 Å². The van der Waals surface area contributed by atoms with Crippen LogP contribution in [0.4, 0.5) is 5.69 Å². The Balaban J connectivity index is 1.39. The molecule has 0 aromatic heterocycles. The molecular formula is C30H45N5O3. The number of benzene rings is 1. The third-order valence-electron chi connectivity index (χ3n) is 8.84. The average molecular weight is 524 g/mol. The third-order valence-corrected chi connectivity index (χ3v) is 8.84. The molecule has 38 heavy (non-hydrogen) atoms. The summed E-state index contributed by atoms with van der Waals surface area (Å²) in [5, 5.41) is 8.99. The van der Waals surface area contributed by atoms with Gasteiger partial charge in [-0.2, -0.15) is 0 Å². The summed E-state index contributed by atoms with van der Waals surface area (Å²) in [7, 11) is 1.77. The molecule has 8 heteroatoms. The maximum atomic E-state index is 14.0. The van der Waals surface area contributed by atoms with Crippen LogP contribution in [0.25, 0.3) is 0 Å². The minimum atomic E-state index is -0.429. The fourth-order valence-electron chi connectivity index (χ4n) is 6.40. The van der Waals surface area contributed by atoms with Gasteiger partial charge in [0.15, 0.2) is 0 Å². The number of rotatable bonds is 10. The molecule has 3 fully saturated rings. The predicted octanol–water partition coefficient (Wildman–Crippen LogP) is 2.95. The van der Waals surface area contributed by atoms with Crippen LogP contribution in [-0.2, 0) is 20.8 Å². The molecule has 4 atom stereocenters. The van der Waals surface area contributed by atoms with Gasteiger partial charge < -0.3 is 25.8 Å². The second kappa shape index (κ2) is 13.4. The molecule has 208 valence electrons. The van der Waals surface area contributed by atoms with Crippen molar-refractivity contribution in [2.45, 2.75) is 76.4 Å². The predicted molar refractivity (Wildman–Crippen MR) is 151 cm³/mol. The summed E-state index contributed by atoms with van der Waals surface area (Å²) in [5.41, 5.74) is 1.95. The van der Waals surface area contributed by atoms with Gasteiger partial charge in [0.25, 0.3) is 0 Å². The van der Waals surface area contributed by atoms with Gasteiger partial charge >= 0.3 is 0 Å². The molecule has 8 nitrogen and oxygen atoms in total. The third kappa shape index (κ3) is 7.03. The van der Waals surface area contributed by atoms with Crippen molar-refractivity contribution in [3.63, 3.8) is 0 Å². The van der Waals surface area contributed by atoms with E-state index in [9.17, 15) is 14.4 Å². The van der Waals surface area contributed by atoms with Crippen molar-refractivity contribution in [2.75, 3.05) is 38.5 Å². The maximum Gasteiger partial charge on any atom is 0.247 e. The number of anilines is 1. The largest absolute Gasteiger partial charge is 0.343 e. The minimum Gasteiger partial charge on any atom is -0.343 e. The van der Waals surface area contributed by atoms with Crippen molar-refractivity contribution < 1.29 is 14.4 Å². The number of hydrogen-bond acceptors (Lipinski definition) is 5. The molecule has 1 aromatic carbocycles. The van der Waals surface area contributed by atoms with E-state index in [1.807, 2.05) is 25.1 Å². The van der Waals surface area contributed by atoms with Gasteiger partial charge in [0, 0.05) is 31.4 Å². The molecule has 0 unspecified atom stereocenters. The van der Waals surface area contributed by atoms with Gasteiger partial charge in [0.2, 0.25) is 17.7 Å². The molecular weight excluding hydrogens is 478 g/mol. The van der Waals surface area contributed by atoms with Gasteiger partial charge in [-0.05, 0) is 88.2 Å². The molecule has 0 bridgehead atoms. The molecule has 1 saturated carbocycles. The normalized spacial score (nSPS) is 23.8. The first kappa shape index (κ1) is 28.3. The fourth-order valence-corrected chi connectivity index (χ4v) is 6.40. The monoisotopic (exact) mass is 523 g/mol. The van der Waals surface area contributed by atoms with Gasteiger partial charge in [-0.1, -0.05) is 38.0 Å². The molecule has 3 N–H and O–H groups in total. The average Bonchev–Trinajstić information content (AvgIpc) is 3.37. The minimum absolute atomic E-state index is 0.0936. The first-order valence-corrected chi connectivity index (χ1v) is 14.4. The number of likely N-dealkylation sites (tertiary alicyclic amines) is 2. The fraction of sp³-hybridized carbons (Fsp3) is 0.633. The number of hydrogen-bond donors (Lipinski definition) is 3. The smallest absolute Gasteiger partial charge is 0.247 e. The molecule has 0 radical (unpaired) electrons. The molecule has 1 aliphatic carbocycles. The van der Waals surface area contributed by atoms with Crippen molar-refractivity contribution in [3.05, 3.63) is 42.5 Å². The van der Waals surface area contributed by atoms with Gasteiger partial charge in [-0.25, -0.2) is 0 Å². The van der Waals surface area contributed by atoms with Crippen molar-refractivity contribution in [3.8, 4) is 0 Å². The van der Waals surface area contributed by atoms with E-state index in [0.29, 0.717) is 5.92 Å². The number of carbonyl (C=O) groups excluding carboxylic acids is 3.